The fourth-order valence-electron chi connectivity index (χ4n) is 1.82. The quantitative estimate of drug-likeness (QED) is 0.645. The Balaban J connectivity index is 4.40. The summed E-state index contributed by atoms with van der Waals surface area (Å²) in [4.78, 5) is 35.9. The predicted octanol–water partition coefficient (Wildman–Crippen LogP) is 3.00. The van der Waals surface area contributed by atoms with Gasteiger partial charge in [0.1, 0.15) is 11.2 Å². The van der Waals surface area contributed by atoms with Gasteiger partial charge in [-0.25, -0.2) is 9.59 Å². The first-order valence-electron chi connectivity index (χ1n) is 8.47. The van der Waals surface area contributed by atoms with Crippen molar-refractivity contribution in [1.29, 1.82) is 0 Å². The molecule has 146 valence electrons. The summed E-state index contributed by atoms with van der Waals surface area (Å²) < 4.78 is 10.5. The summed E-state index contributed by atoms with van der Waals surface area (Å²) in [5.74, 6) is -0.907. The average Bonchev–Trinajstić information content (AvgIpc) is 2.36. The molecule has 0 fully saturated rings. The van der Waals surface area contributed by atoms with E-state index in [2.05, 4.69) is 5.32 Å². The van der Waals surface area contributed by atoms with Crippen LogP contribution in [0.25, 0.3) is 0 Å². The summed E-state index contributed by atoms with van der Waals surface area (Å²) in [7, 11) is 0. The Bertz CT molecular complexity index is 451. The molecule has 0 rings (SSSR count). The zero-order valence-electron chi connectivity index (χ0n) is 16.2. The normalized spacial score (nSPS) is 11.6. The molecule has 8 nitrogen and oxygen atoms in total. The van der Waals surface area contributed by atoms with Crippen molar-refractivity contribution in [1.82, 2.24) is 10.2 Å². The first kappa shape index (κ1) is 23.0. The Morgan fingerprint density at radius 3 is 1.92 bits per heavy atom. The molecule has 0 radical (unpaired) electrons. The van der Waals surface area contributed by atoms with Gasteiger partial charge in [0.25, 0.3) is 0 Å². The zero-order valence-corrected chi connectivity index (χ0v) is 16.2. The second kappa shape index (κ2) is 10.1. The lowest BCUT2D eigenvalue weighted by atomic mass is 10.2. The van der Waals surface area contributed by atoms with Crippen molar-refractivity contribution < 1.29 is 29.0 Å². The van der Waals surface area contributed by atoms with Gasteiger partial charge in [-0.2, -0.15) is 0 Å². The maximum absolute atomic E-state index is 12.2. The molecule has 0 aliphatic carbocycles. The van der Waals surface area contributed by atoms with Gasteiger partial charge < -0.3 is 24.8 Å². The van der Waals surface area contributed by atoms with Crippen LogP contribution in [0.5, 0.6) is 0 Å². The summed E-state index contributed by atoms with van der Waals surface area (Å²) in [6.45, 7) is 11.6. The maximum atomic E-state index is 12.2. The molecule has 25 heavy (non-hydrogen) atoms. The second-order valence-corrected chi connectivity index (χ2v) is 7.75. The van der Waals surface area contributed by atoms with Crippen molar-refractivity contribution in [2.45, 2.75) is 72.0 Å². The molecular formula is C17H32N2O6. The molecule has 0 aromatic heterocycles. The van der Waals surface area contributed by atoms with E-state index in [4.69, 9.17) is 14.6 Å². The van der Waals surface area contributed by atoms with Crippen LogP contribution in [0.1, 0.15) is 60.8 Å². The summed E-state index contributed by atoms with van der Waals surface area (Å²) in [5, 5.41) is 11.3. The number of carbonyl (C=O) groups excluding carboxylic acids is 2. The van der Waals surface area contributed by atoms with Gasteiger partial charge in [0.2, 0.25) is 0 Å². The van der Waals surface area contributed by atoms with Crippen LogP contribution in [0.3, 0.4) is 0 Å². The van der Waals surface area contributed by atoms with Crippen molar-refractivity contribution in [2.24, 2.45) is 0 Å². The molecule has 2 N–H and O–H groups in total. The van der Waals surface area contributed by atoms with Gasteiger partial charge in [0, 0.05) is 26.1 Å². The van der Waals surface area contributed by atoms with Gasteiger partial charge >= 0.3 is 18.2 Å². The monoisotopic (exact) mass is 360 g/mol. The Kier molecular flexibility index (Phi) is 9.30. The number of carboxylic acid groups (broad SMARTS) is 1. The lowest BCUT2D eigenvalue weighted by Gasteiger charge is -2.27. The number of nitrogens with one attached hydrogen (secondary N) is 1. The lowest BCUT2D eigenvalue weighted by molar-refractivity contribution is -0.137. The minimum atomic E-state index is -0.907. The van der Waals surface area contributed by atoms with Gasteiger partial charge in [-0.1, -0.05) is 0 Å². The lowest BCUT2D eigenvalue weighted by Crippen LogP contribution is -2.39. The first-order valence-corrected chi connectivity index (χ1v) is 8.47. The minimum Gasteiger partial charge on any atom is -0.481 e. The molecule has 2 amide bonds. The summed E-state index contributed by atoms with van der Waals surface area (Å²) in [5.41, 5.74) is -1.19. The molecule has 0 saturated heterocycles. The number of rotatable bonds is 8. The molecule has 0 aliphatic heterocycles. The molecular weight excluding hydrogens is 328 g/mol. The van der Waals surface area contributed by atoms with Gasteiger partial charge in [0.15, 0.2) is 0 Å². The number of nitrogens with zero attached hydrogens (tertiary/aromatic N) is 1. The van der Waals surface area contributed by atoms with Crippen LogP contribution < -0.4 is 5.32 Å². The van der Waals surface area contributed by atoms with Crippen LogP contribution >= 0.6 is 0 Å². The van der Waals surface area contributed by atoms with Crippen molar-refractivity contribution in [2.75, 3.05) is 19.6 Å². The van der Waals surface area contributed by atoms with E-state index in [9.17, 15) is 14.4 Å². The zero-order chi connectivity index (χ0) is 19.7. The highest BCUT2D eigenvalue weighted by molar-refractivity contribution is 5.69. The smallest absolute Gasteiger partial charge is 0.410 e. The van der Waals surface area contributed by atoms with Gasteiger partial charge in [-0.05, 0) is 54.4 Å². The van der Waals surface area contributed by atoms with E-state index in [1.54, 1.807) is 41.5 Å². The topological polar surface area (TPSA) is 105 Å². The van der Waals surface area contributed by atoms with E-state index in [1.165, 1.54) is 4.90 Å². The summed E-state index contributed by atoms with van der Waals surface area (Å²) in [6, 6.07) is 0. The Morgan fingerprint density at radius 2 is 1.44 bits per heavy atom. The van der Waals surface area contributed by atoms with Crippen molar-refractivity contribution in [3.8, 4) is 0 Å². The molecule has 0 heterocycles. The third kappa shape index (κ3) is 14.1. The third-order valence-corrected chi connectivity index (χ3v) is 2.74. The fraction of sp³-hybridized carbons (Fsp3) is 0.824. The average molecular weight is 360 g/mol. The Labute approximate surface area is 149 Å². The SMILES string of the molecule is CC(C)(C)OC(=O)NCCCN(CCCC(=O)O)C(=O)OC(C)(C)C. The number of alkyl carbamates (subject to hydrolysis) is 1. The highest BCUT2D eigenvalue weighted by Crippen LogP contribution is 2.11. The number of carbonyl (C=O) groups is 3. The van der Waals surface area contributed by atoms with Crippen LogP contribution in [-0.2, 0) is 14.3 Å². The van der Waals surface area contributed by atoms with Crippen LogP contribution in [0.4, 0.5) is 9.59 Å². The first-order chi connectivity index (χ1) is 11.3. The van der Waals surface area contributed by atoms with E-state index < -0.39 is 29.4 Å². The standard InChI is InChI=1S/C17H32N2O6/c1-16(2,3)24-14(22)18-10-8-12-19(11-7-9-13(20)21)15(23)25-17(4,5)6/h7-12H2,1-6H3,(H,18,22)(H,20,21). The summed E-state index contributed by atoms with van der Waals surface area (Å²) in [6.07, 6.45) is -0.174. The number of hydrogen-bond donors (Lipinski definition) is 2. The molecule has 0 aliphatic rings. The van der Waals surface area contributed by atoms with Crippen molar-refractivity contribution >= 4 is 18.2 Å². The van der Waals surface area contributed by atoms with E-state index in [0.717, 1.165) is 0 Å². The largest absolute Gasteiger partial charge is 0.481 e. The number of amides is 2. The van der Waals surface area contributed by atoms with Crippen LogP contribution in [0, 0.1) is 0 Å². The maximum Gasteiger partial charge on any atom is 0.410 e. The minimum absolute atomic E-state index is 0.0184. The molecule has 0 aromatic carbocycles. The number of hydrogen-bond acceptors (Lipinski definition) is 5. The summed E-state index contributed by atoms with van der Waals surface area (Å²) >= 11 is 0. The van der Waals surface area contributed by atoms with E-state index in [1.807, 2.05) is 0 Å². The van der Waals surface area contributed by atoms with Crippen molar-refractivity contribution in [3.63, 3.8) is 0 Å². The molecule has 0 unspecified atom stereocenters. The molecule has 0 aromatic rings. The highest BCUT2D eigenvalue weighted by Gasteiger charge is 2.22. The third-order valence-electron chi connectivity index (χ3n) is 2.74. The predicted molar refractivity (Wildman–Crippen MR) is 93.5 cm³/mol. The molecule has 0 bridgehead atoms. The molecule has 8 heteroatoms. The van der Waals surface area contributed by atoms with Crippen LogP contribution in [0.2, 0.25) is 0 Å². The molecule has 0 spiro atoms. The highest BCUT2D eigenvalue weighted by atomic mass is 16.6. The van der Waals surface area contributed by atoms with E-state index in [-0.39, 0.29) is 13.0 Å². The van der Waals surface area contributed by atoms with Gasteiger partial charge in [0.05, 0.1) is 0 Å². The second-order valence-electron chi connectivity index (χ2n) is 7.75. The van der Waals surface area contributed by atoms with Gasteiger partial charge in [-0.3, -0.25) is 4.79 Å². The number of aliphatic carboxylic acids is 1. The fourth-order valence-corrected chi connectivity index (χ4v) is 1.82. The van der Waals surface area contributed by atoms with Crippen LogP contribution in [0.15, 0.2) is 0 Å². The molecule has 0 saturated carbocycles. The molecule has 0 atom stereocenters. The van der Waals surface area contributed by atoms with Crippen molar-refractivity contribution in [3.05, 3.63) is 0 Å². The Hall–Kier alpha value is -1.99. The number of ether oxygens (including phenoxy) is 2. The van der Waals surface area contributed by atoms with Gasteiger partial charge in [-0.15, -0.1) is 0 Å². The van der Waals surface area contributed by atoms with Crippen LogP contribution in [-0.4, -0.2) is 59.0 Å². The number of carboxylic acids is 1. The van der Waals surface area contributed by atoms with E-state index in [0.29, 0.717) is 25.9 Å². The Morgan fingerprint density at radius 1 is 0.920 bits per heavy atom. The van der Waals surface area contributed by atoms with E-state index >= 15 is 0 Å².